The zero-order valence-electron chi connectivity index (χ0n) is 59.6. The van der Waals surface area contributed by atoms with Gasteiger partial charge in [-0.3, -0.25) is 0 Å². The molecule has 16 rings (SSSR count). The number of nitrogens with zero attached hydrogens (tertiary/aromatic N) is 4. The molecule has 0 saturated heterocycles. The first-order chi connectivity index (χ1) is 46.8. The second kappa shape index (κ2) is 22.8. The van der Waals surface area contributed by atoms with Gasteiger partial charge in [-0.2, -0.15) is 6.07 Å². The molecule has 3 heterocycles. The first kappa shape index (κ1) is 59.0. The topological polar surface area (TPSA) is 33.5 Å². The standard InChI is InChI=1S/C90H79N4O.Pt/c1-56-42-44-58(45-43-56)71-54-91-81(52-75(71)89(11,12)13)94-76-39-24-20-35-68(76)82-79(94)53-80(84-83(82)67-34-19-23-38-74(67)90(84)72-36-21-17-32-65(72)66-33-18-22-37-73(66)90)95-64-31-27-30-63(51-64)92-55-93(78-41-26-25-40-77(78)92)85-69(57-28-15-14-16-29-57)49-62(88(8,9)10)50-70(85)59-46-60(86(2,3)4)48-61(47-59)87(5,6)7;/h14-50,52,54-55H,1-13H3;/q-3;/i1D3;. The van der Waals surface area contributed by atoms with Gasteiger partial charge in [-0.1, -0.05) is 281 Å². The predicted molar refractivity (Wildman–Crippen MR) is 396 cm³/mol. The molecule has 2 aliphatic carbocycles. The number of para-hydroxylation sites is 3. The Hall–Kier alpha value is -9.54. The molecule has 478 valence electrons. The number of benzene rings is 11. The normalized spacial score (nSPS) is 14.4. The molecule has 13 aromatic rings. The van der Waals surface area contributed by atoms with Crippen LogP contribution in [0.1, 0.15) is 137 Å². The third-order valence-corrected chi connectivity index (χ3v) is 20.0. The molecule has 1 aliphatic heterocycles. The van der Waals surface area contributed by atoms with Crippen molar-refractivity contribution < 1.29 is 29.9 Å². The van der Waals surface area contributed by atoms with Gasteiger partial charge in [0, 0.05) is 87.6 Å². The van der Waals surface area contributed by atoms with E-state index < -0.39 is 12.3 Å². The van der Waals surface area contributed by atoms with Gasteiger partial charge in [0.05, 0.1) is 0 Å². The van der Waals surface area contributed by atoms with Crippen molar-refractivity contribution in [3.8, 4) is 73.0 Å². The van der Waals surface area contributed by atoms with Crippen molar-refractivity contribution in [1.82, 2.24) is 9.55 Å². The van der Waals surface area contributed by atoms with Crippen LogP contribution in [0.3, 0.4) is 0 Å². The summed E-state index contributed by atoms with van der Waals surface area (Å²) in [5, 5.41) is 2.13. The molecule has 0 radical (unpaired) electrons. The fourth-order valence-corrected chi connectivity index (χ4v) is 15.2. The Morgan fingerprint density at radius 3 is 1.64 bits per heavy atom. The average Bonchev–Trinajstić information content (AvgIpc) is 1.49. The maximum Gasteiger partial charge on any atom is 0.135 e. The molecule has 0 amide bonds. The van der Waals surface area contributed by atoms with Crippen LogP contribution in [0.2, 0.25) is 0 Å². The summed E-state index contributed by atoms with van der Waals surface area (Å²) in [7, 11) is 0. The Morgan fingerprint density at radius 1 is 0.469 bits per heavy atom. The van der Waals surface area contributed by atoms with Crippen LogP contribution >= 0.6 is 0 Å². The zero-order valence-corrected chi connectivity index (χ0v) is 58.9. The summed E-state index contributed by atoms with van der Waals surface area (Å²) in [4.78, 5) is 10.1. The molecule has 6 heteroatoms. The van der Waals surface area contributed by atoms with Crippen LogP contribution in [0.25, 0.3) is 83.3 Å². The summed E-state index contributed by atoms with van der Waals surface area (Å²) >= 11 is 0. The van der Waals surface area contributed by atoms with E-state index in [0.717, 1.165) is 100 Å². The third kappa shape index (κ3) is 10.0. The van der Waals surface area contributed by atoms with E-state index in [1.807, 2.05) is 24.4 Å². The smallest absolute Gasteiger partial charge is 0.135 e. The van der Waals surface area contributed by atoms with Crippen LogP contribution in [-0.4, -0.2) is 9.55 Å². The third-order valence-electron chi connectivity index (χ3n) is 20.0. The molecule has 0 saturated carbocycles. The number of hydrogen-bond donors (Lipinski definition) is 0. The number of fused-ring (bicyclic) bond motifs is 15. The second-order valence-corrected chi connectivity index (χ2v) is 30.3. The first-order valence-corrected chi connectivity index (χ1v) is 33.3. The van der Waals surface area contributed by atoms with Gasteiger partial charge in [0.15, 0.2) is 0 Å². The van der Waals surface area contributed by atoms with Crippen molar-refractivity contribution in [2.75, 3.05) is 9.80 Å². The Morgan fingerprint density at radius 2 is 1.01 bits per heavy atom. The van der Waals surface area contributed by atoms with Crippen LogP contribution in [0.15, 0.2) is 237 Å². The summed E-state index contributed by atoms with van der Waals surface area (Å²) in [5.74, 6) is 1.85. The van der Waals surface area contributed by atoms with E-state index in [-0.39, 0.29) is 42.7 Å². The van der Waals surface area contributed by atoms with E-state index in [1.54, 1.807) is 12.1 Å². The summed E-state index contributed by atoms with van der Waals surface area (Å²) in [6.45, 7) is 27.6. The minimum Gasteiger partial charge on any atom is -0.509 e. The van der Waals surface area contributed by atoms with Gasteiger partial charge in [-0.25, -0.2) is 4.98 Å². The minimum atomic E-state index is -2.22. The molecular formula is C90H79N4OPt-3. The molecule has 2 aromatic heterocycles. The fraction of sp³-hybridized carbons (Fsp3) is 0.200. The van der Waals surface area contributed by atoms with E-state index in [9.17, 15) is 0 Å². The number of pyridine rings is 1. The van der Waals surface area contributed by atoms with E-state index in [1.165, 1.54) is 50.1 Å². The summed E-state index contributed by atoms with van der Waals surface area (Å²) in [6.07, 6.45) is 1.95. The molecule has 11 aromatic carbocycles. The van der Waals surface area contributed by atoms with Crippen molar-refractivity contribution in [2.45, 2.75) is 117 Å². The zero-order chi connectivity index (χ0) is 68.2. The number of aromatic nitrogens is 2. The number of rotatable bonds is 8. The molecule has 0 unspecified atom stereocenters. The monoisotopic (exact) mass is 1430 g/mol. The molecule has 0 bridgehead atoms. The molecule has 0 atom stereocenters. The number of anilines is 4. The van der Waals surface area contributed by atoms with Crippen LogP contribution in [0.4, 0.5) is 22.7 Å². The van der Waals surface area contributed by atoms with Gasteiger partial charge < -0.3 is 19.1 Å². The molecular weight excluding hydrogens is 1350 g/mol. The Labute approximate surface area is 585 Å². The van der Waals surface area contributed by atoms with Crippen molar-refractivity contribution in [3.63, 3.8) is 0 Å². The van der Waals surface area contributed by atoms with Gasteiger partial charge in [0.25, 0.3) is 0 Å². The van der Waals surface area contributed by atoms with Crippen LogP contribution < -0.4 is 14.5 Å². The van der Waals surface area contributed by atoms with E-state index >= 15 is 0 Å². The molecule has 0 fully saturated rings. The summed E-state index contributed by atoms with van der Waals surface area (Å²) in [5.41, 5.74) is 25.1. The molecule has 5 nitrogen and oxygen atoms in total. The fourth-order valence-electron chi connectivity index (χ4n) is 15.2. The van der Waals surface area contributed by atoms with Crippen molar-refractivity contribution >= 4 is 44.6 Å². The van der Waals surface area contributed by atoms with Crippen LogP contribution in [-0.2, 0) is 48.1 Å². The van der Waals surface area contributed by atoms with Crippen LogP contribution in [0.5, 0.6) is 11.5 Å². The van der Waals surface area contributed by atoms with Gasteiger partial charge in [-0.05, 0) is 143 Å². The SMILES string of the molecule is [2H]C([2H])([2H])c1ccc(-c2cnc(-n3c4[c-]c(Oc5[c-]c(N6[CH-]N(c7c(-c8ccccc8)cc(C(C)(C)C)cc7-c7cc(C(C)(C)C)cc(C(C)(C)C)c7)c7ccccc76)ccc5)c5c(c4c4ccccc43)-c3ccccc3C53c4ccccc4-c4ccccc43)cc2C(C)(C)C)cc1.[Pt]. The van der Waals surface area contributed by atoms with Crippen LogP contribution in [0, 0.1) is 25.7 Å². The maximum atomic E-state index is 8.12. The summed E-state index contributed by atoms with van der Waals surface area (Å²) in [6, 6.07) is 90.9. The number of hydrogen-bond acceptors (Lipinski definition) is 4. The van der Waals surface area contributed by atoms with E-state index in [2.05, 4.69) is 316 Å². The van der Waals surface area contributed by atoms with Gasteiger partial charge in [-0.15, -0.1) is 42.2 Å². The van der Waals surface area contributed by atoms with Crippen molar-refractivity contribution in [3.05, 3.63) is 306 Å². The largest absolute Gasteiger partial charge is 0.509 e. The minimum absolute atomic E-state index is 0. The number of ether oxygens (including phenoxy) is 1. The second-order valence-electron chi connectivity index (χ2n) is 30.3. The van der Waals surface area contributed by atoms with Gasteiger partial charge >= 0.3 is 0 Å². The summed E-state index contributed by atoms with van der Waals surface area (Å²) < 4.78 is 34.4. The van der Waals surface area contributed by atoms with Gasteiger partial charge in [0.2, 0.25) is 0 Å². The first-order valence-electron chi connectivity index (χ1n) is 34.8. The maximum absolute atomic E-state index is 8.12. The van der Waals surface area contributed by atoms with E-state index in [0.29, 0.717) is 17.1 Å². The molecule has 3 aliphatic rings. The van der Waals surface area contributed by atoms with E-state index in [4.69, 9.17) is 13.8 Å². The Balaban J connectivity index is 0.00000798. The Bertz CT molecular complexity index is 5310. The Kier molecular flexibility index (Phi) is 14.0. The average molecular weight is 1430 g/mol. The van der Waals surface area contributed by atoms with Crippen molar-refractivity contribution in [1.29, 1.82) is 0 Å². The molecule has 96 heavy (non-hydrogen) atoms. The predicted octanol–water partition coefficient (Wildman–Crippen LogP) is 23.8. The number of aryl methyl sites for hydroxylation is 1. The van der Waals surface area contributed by atoms with Gasteiger partial charge in [0.1, 0.15) is 5.82 Å². The quantitative estimate of drug-likeness (QED) is 0.142. The molecule has 0 N–H and O–H groups in total. The van der Waals surface area contributed by atoms with Crippen molar-refractivity contribution in [2.24, 2.45) is 0 Å². The molecule has 1 spiro atoms.